The van der Waals surface area contributed by atoms with Crippen molar-refractivity contribution in [2.24, 2.45) is 0 Å². The number of pyridine rings is 1. The highest BCUT2D eigenvalue weighted by atomic mass is 35.5. The predicted octanol–water partition coefficient (Wildman–Crippen LogP) is 4.17. The molecule has 0 saturated carbocycles. The molecule has 0 amide bonds. The van der Waals surface area contributed by atoms with Crippen molar-refractivity contribution in [1.82, 2.24) is 9.88 Å². The standard InChI is InChI=1S/C24H27ClN4O/c1-16-13-17(14-21-22(16)23-20(24(30)27-21)3-2-8-26-23)15-28-9-11-29(12-10-28)19-6-4-18(25)5-7-19/h4-7,13-14,26H,2-3,8-12,15H2,1H3,(H,27,30). The number of anilines is 2. The van der Waals surface area contributed by atoms with Crippen LogP contribution in [-0.2, 0) is 13.0 Å². The molecule has 2 aliphatic heterocycles. The summed E-state index contributed by atoms with van der Waals surface area (Å²) in [5.74, 6) is 0. The molecule has 0 spiro atoms. The molecule has 6 heteroatoms. The van der Waals surface area contributed by atoms with Gasteiger partial charge in [-0.05, 0) is 61.2 Å². The molecule has 1 aromatic heterocycles. The van der Waals surface area contributed by atoms with Gasteiger partial charge in [-0.2, -0.15) is 0 Å². The van der Waals surface area contributed by atoms with E-state index in [9.17, 15) is 4.79 Å². The fourth-order valence-electron chi connectivity index (χ4n) is 4.83. The first-order valence-electron chi connectivity index (χ1n) is 10.7. The molecule has 5 nitrogen and oxygen atoms in total. The Morgan fingerprint density at radius 2 is 1.83 bits per heavy atom. The first kappa shape index (κ1) is 19.5. The van der Waals surface area contributed by atoms with Crippen LogP contribution in [0.3, 0.4) is 0 Å². The van der Waals surface area contributed by atoms with E-state index in [1.807, 2.05) is 12.1 Å². The molecule has 2 aromatic carbocycles. The normalized spacial score (nSPS) is 17.1. The fourth-order valence-corrected chi connectivity index (χ4v) is 4.96. The van der Waals surface area contributed by atoms with Gasteiger partial charge in [0.15, 0.2) is 0 Å². The molecule has 0 aliphatic carbocycles. The molecule has 1 saturated heterocycles. The zero-order chi connectivity index (χ0) is 20.7. The van der Waals surface area contributed by atoms with Crippen molar-refractivity contribution in [1.29, 1.82) is 0 Å². The topological polar surface area (TPSA) is 51.4 Å². The Kier molecular flexibility index (Phi) is 5.17. The number of benzene rings is 2. The summed E-state index contributed by atoms with van der Waals surface area (Å²) in [5, 5.41) is 5.41. The van der Waals surface area contributed by atoms with Crippen molar-refractivity contribution < 1.29 is 0 Å². The van der Waals surface area contributed by atoms with Gasteiger partial charge in [0.05, 0.1) is 11.2 Å². The average Bonchev–Trinajstić information content (AvgIpc) is 2.75. The summed E-state index contributed by atoms with van der Waals surface area (Å²) in [7, 11) is 0. The molecular weight excluding hydrogens is 396 g/mol. The van der Waals surface area contributed by atoms with Crippen LogP contribution in [0.5, 0.6) is 0 Å². The van der Waals surface area contributed by atoms with Gasteiger partial charge >= 0.3 is 0 Å². The molecule has 30 heavy (non-hydrogen) atoms. The molecule has 0 unspecified atom stereocenters. The number of H-pyrrole nitrogens is 1. The number of piperazine rings is 1. The molecule has 3 aromatic rings. The Hall–Kier alpha value is -2.50. The van der Waals surface area contributed by atoms with Gasteiger partial charge in [0, 0.05) is 60.9 Å². The molecule has 2 aliphatic rings. The van der Waals surface area contributed by atoms with Crippen LogP contribution in [0.25, 0.3) is 10.9 Å². The van der Waals surface area contributed by atoms with E-state index in [2.05, 4.69) is 51.3 Å². The number of hydrogen-bond acceptors (Lipinski definition) is 4. The Labute approximate surface area is 181 Å². The van der Waals surface area contributed by atoms with Crippen molar-refractivity contribution in [2.45, 2.75) is 26.3 Å². The highest BCUT2D eigenvalue weighted by Gasteiger charge is 2.20. The van der Waals surface area contributed by atoms with Gasteiger partial charge in [0.1, 0.15) is 0 Å². The third kappa shape index (κ3) is 3.68. The minimum atomic E-state index is 0.0535. The van der Waals surface area contributed by atoms with Crippen molar-refractivity contribution in [3.05, 3.63) is 68.5 Å². The maximum atomic E-state index is 12.6. The van der Waals surface area contributed by atoms with Crippen LogP contribution in [-0.4, -0.2) is 42.6 Å². The molecule has 0 atom stereocenters. The molecule has 1 fully saturated rings. The summed E-state index contributed by atoms with van der Waals surface area (Å²) in [4.78, 5) is 20.6. The smallest absolute Gasteiger partial charge is 0.253 e. The van der Waals surface area contributed by atoms with Crippen molar-refractivity contribution >= 4 is 33.9 Å². The number of nitrogens with one attached hydrogen (secondary N) is 2. The van der Waals surface area contributed by atoms with Crippen LogP contribution in [0.15, 0.2) is 41.2 Å². The third-order valence-electron chi connectivity index (χ3n) is 6.34. The lowest BCUT2D eigenvalue weighted by Crippen LogP contribution is -2.45. The van der Waals surface area contributed by atoms with Crippen LogP contribution >= 0.6 is 11.6 Å². The largest absolute Gasteiger partial charge is 0.384 e. The maximum absolute atomic E-state index is 12.6. The molecular formula is C24H27ClN4O. The minimum absolute atomic E-state index is 0.0535. The lowest BCUT2D eigenvalue weighted by molar-refractivity contribution is 0.250. The summed E-state index contributed by atoms with van der Waals surface area (Å²) in [6.07, 6.45) is 1.87. The first-order chi connectivity index (χ1) is 14.6. The number of aryl methyl sites for hydroxylation is 1. The lowest BCUT2D eigenvalue weighted by atomic mass is 9.97. The zero-order valence-corrected chi connectivity index (χ0v) is 18.1. The van der Waals surface area contributed by atoms with Gasteiger partial charge in [-0.1, -0.05) is 17.7 Å². The van der Waals surface area contributed by atoms with Gasteiger partial charge in [-0.15, -0.1) is 0 Å². The van der Waals surface area contributed by atoms with Crippen LogP contribution in [0.1, 0.15) is 23.1 Å². The second kappa shape index (κ2) is 7.97. The average molecular weight is 423 g/mol. The van der Waals surface area contributed by atoms with Crippen molar-refractivity contribution in [3.8, 4) is 0 Å². The molecule has 0 radical (unpaired) electrons. The second-order valence-corrected chi connectivity index (χ2v) is 8.85. The highest BCUT2D eigenvalue weighted by Crippen LogP contribution is 2.31. The number of halogens is 1. The summed E-state index contributed by atoms with van der Waals surface area (Å²) in [6, 6.07) is 12.5. The summed E-state index contributed by atoms with van der Waals surface area (Å²) >= 11 is 6.01. The molecule has 3 heterocycles. The third-order valence-corrected chi connectivity index (χ3v) is 6.60. The van der Waals surface area contributed by atoms with Crippen LogP contribution < -0.4 is 15.8 Å². The first-order valence-corrected chi connectivity index (χ1v) is 11.1. The zero-order valence-electron chi connectivity index (χ0n) is 17.3. The summed E-state index contributed by atoms with van der Waals surface area (Å²) in [5.41, 5.74) is 6.66. The lowest BCUT2D eigenvalue weighted by Gasteiger charge is -2.36. The SMILES string of the molecule is Cc1cc(CN2CCN(c3ccc(Cl)cc3)CC2)cc2[nH]c(=O)c3c(c12)NCCC3. The van der Waals surface area contributed by atoms with Gasteiger partial charge in [0.25, 0.3) is 5.56 Å². The molecule has 5 rings (SSSR count). The van der Waals surface area contributed by atoms with E-state index in [0.29, 0.717) is 0 Å². The van der Waals surface area contributed by atoms with Crippen LogP contribution in [0.2, 0.25) is 5.02 Å². The number of aromatic nitrogens is 1. The monoisotopic (exact) mass is 422 g/mol. The Morgan fingerprint density at radius 1 is 1.07 bits per heavy atom. The van der Waals surface area contributed by atoms with Gasteiger partial charge < -0.3 is 15.2 Å². The van der Waals surface area contributed by atoms with E-state index in [1.165, 1.54) is 22.2 Å². The second-order valence-electron chi connectivity index (χ2n) is 8.41. The predicted molar refractivity (Wildman–Crippen MR) is 125 cm³/mol. The number of fused-ring (bicyclic) bond motifs is 3. The highest BCUT2D eigenvalue weighted by molar-refractivity contribution is 6.30. The fraction of sp³-hybridized carbons (Fsp3) is 0.375. The van der Waals surface area contributed by atoms with E-state index in [-0.39, 0.29) is 5.56 Å². The number of rotatable bonds is 3. The number of hydrogen-bond donors (Lipinski definition) is 2. The Morgan fingerprint density at radius 3 is 2.60 bits per heavy atom. The Bertz CT molecular complexity index is 1130. The van der Waals surface area contributed by atoms with E-state index in [1.54, 1.807) is 0 Å². The van der Waals surface area contributed by atoms with Crippen molar-refractivity contribution in [3.63, 3.8) is 0 Å². The van der Waals surface area contributed by atoms with E-state index in [4.69, 9.17) is 11.6 Å². The molecule has 2 N–H and O–H groups in total. The van der Waals surface area contributed by atoms with Gasteiger partial charge in [-0.3, -0.25) is 9.69 Å². The van der Waals surface area contributed by atoms with Crippen LogP contribution in [0.4, 0.5) is 11.4 Å². The van der Waals surface area contributed by atoms with E-state index >= 15 is 0 Å². The minimum Gasteiger partial charge on any atom is -0.384 e. The van der Waals surface area contributed by atoms with Gasteiger partial charge in [0.2, 0.25) is 0 Å². The summed E-state index contributed by atoms with van der Waals surface area (Å²) in [6.45, 7) is 8.02. The number of aromatic amines is 1. The van der Waals surface area contributed by atoms with E-state index < -0.39 is 0 Å². The maximum Gasteiger partial charge on any atom is 0.253 e. The molecule has 156 valence electrons. The van der Waals surface area contributed by atoms with Gasteiger partial charge in [-0.25, -0.2) is 0 Å². The van der Waals surface area contributed by atoms with Crippen molar-refractivity contribution in [2.75, 3.05) is 42.9 Å². The summed E-state index contributed by atoms with van der Waals surface area (Å²) < 4.78 is 0. The molecule has 0 bridgehead atoms. The van der Waals surface area contributed by atoms with E-state index in [0.717, 1.165) is 73.9 Å². The quantitative estimate of drug-likeness (QED) is 0.665. The Balaban J connectivity index is 1.34. The number of nitrogens with zero attached hydrogens (tertiary/aromatic N) is 2. The van der Waals surface area contributed by atoms with Crippen LogP contribution in [0, 0.1) is 6.92 Å².